The first-order chi connectivity index (χ1) is 12.3. The zero-order valence-electron chi connectivity index (χ0n) is 14.9. The highest BCUT2D eigenvalue weighted by Crippen LogP contribution is 2.39. The smallest absolute Gasteiger partial charge is 0.104 e. The lowest BCUT2D eigenvalue weighted by Crippen LogP contribution is -2.48. The standard InChI is InChI=1S/C19H23Cl2N3OS/c1-12-10-15(24-8-6-19(2,22)7-9-24)14(11-25)23-18(12)26-16-5-3-4-13(20)17(16)21/h3-5,10,25H,6-9,11,22H2,1-2H3. The molecule has 0 aliphatic carbocycles. The zero-order chi connectivity index (χ0) is 18.9. The van der Waals surface area contributed by atoms with Gasteiger partial charge in [-0.05, 0) is 50.5 Å². The summed E-state index contributed by atoms with van der Waals surface area (Å²) in [5, 5.41) is 11.7. The maximum atomic E-state index is 9.86. The number of aliphatic hydroxyl groups excluding tert-OH is 1. The number of nitrogens with two attached hydrogens (primary N) is 1. The molecule has 0 radical (unpaired) electrons. The summed E-state index contributed by atoms with van der Waals surface area (Å²) in [7, 11) is 0. The number of hydrogen-bond donors (Lipinski definition) is 2. The first-order valence-electron chi connectivity index (χ1n) is 8.58. The van der Waals surface area contributed by atoms with Gasteiger partial charge < -0.3 is 15.7 Å². The van der Waals surface area contributed by atoms with Crippen LogP contribution in [-0.2, 0) is 6.61 Å². The first kappa shape index (κ1) is 19.8. The summed E-state index contributed by atoms with van der Waals surface area (Å²) >= 11 is 13.9. The molecule has 0 unspecified atom stereocenters. The number of anilines is 1. The molecule has 3 N–H and O–H groups in total. The van der Waals surface area contributed by atoms with Crippen LogP contribution in [0.4, 0.5) is 5.69 Å². The highest BCUT2D eigenvalue weighted by Gasteiger charge is 2.27. The number of pyridine rings is 1. The number of halogens is 2. The number of aromatic nitrogens is 1. The van der Waals surface area contributed by atoms with Crippen LogP contribution in [-0.4, -0.2) is 28.7 Å². The maximum Gasteiger partial charge on any atom is 0.104 e. The highest BCUT2D eigenvalue weighted by atomic mass is 35.5. The van der Waals surface area contributed by atoms with Crippen molar-refractivity contribution in [2.24, 2.45) is 5.73 Å². The summed E-state index contributed by atoms with van der Waals surface area (Å²) in [6.07, 6.45) is 1.84. The van der Waals surface area contributed by atoms with Gasteiger partial charge in [-0.15, -0.1) is 0 Å². The molecule has 1 aliphatic rings. The Morgan fingerprint density at radius 1 is 1.31 bits per heavy atom. The molecule has 0 bridgehead atoms. The Bertz CT molecular complexity index is 804. The molecule has 3 rings (SSSR count). The first-order valence-corrected chi connectivity index (χ1v) is 10.1. The predicted molar refractivity (Wildman–Crippen MR) is 110 cm³/mol. The Morgan fingerprint density at radius 3 is 2.65 bits per heavy atom. The van der Waals surface area contributed by atoms with Crippen LogP contribution >= 0.6 is 35.0 Å². The summed E-state index contributed by atoms with van der Waals surface area (Å²) in [6, 6.07) is 7.64. The molecule has 0 spiro atoms. The van der Waals surface area contributed by atoms with E-state index in [2.05, 4.69) is 17.9 Å². The molecule has 4 nitrogen and oxygen atoms in total. The molecule has 0 amide bonds. The summed E-state index contributed by atoms with van der Waals surface area (Å²) < 4.78 is 0. The molecule has 140 valence electrons. The fourth-order valence-corrected chi connectivity index (χ4v) is 4.44. The molecule has 1 fully saturated rings. The summed E-state index contributed by atoms with van der Waals surface area (Å²) in [4.78, 5) is 7.82. The van der Waals surface area contributed by atoms with Crippen molar-refractivity contribution < 1.29 is 5.11 Å². The van der Waals surface area contributed by atoms with Crippen LogP contribution in [0.15, 0.2) is 34.2 Å². The third-order valence-corrected chi connectivity index (χ3v) is 6.84. The number of rotatable bonds is 4. The van der Waals surface area contributed by atoms with E-state index in [0.29, 0.717) is 15.7 Å². The SMILES string of the molecule is Cc1cc(N2CCC(C)(N)CC2)c(CO)nc1Sc1cccc(Cl)c1Cl. The largest absolute Gasteiger partial charge is 0.390 e. The van der Waals surface area contributed by atoms with Gasteiger partial charge in [0.05, 0.1) is 28.0 Å². The van der Waals surface area contributed by atoms with Gasteiger partial charge in [-0.2, -0.15) is 0 Å². The number of aliphatic hydroxyl groups is 1. The van der Waals surface area contributed by atoms with Gasteiger partial charge in [-0.1, -0.05) is 41.0 Å². The molecule has 0 saturated carbocycles. The molecule has 2 heterocycles. The van der Waals surface area contributed by atoms with Crippen LogP contribution in [0.2, 0.25) is 10.0 Å². The Balaban J connectivity index is 1.89. The summed E-state index contributed by atoms with van der Waals surface area (Å²) in [5.41, 5.74) is 8.83. The van der Waals surface area contributed by atoms with E-state index in [1.54, 1.807) is 6.07 Å². The van der Waals surface area contributed by atoms with Crippen molar-refractivity contribution in [3.8, 4) is 0 Å². The van der Waals surface area contributed by atoms with Crippen LogP contribution in [0.3, 0.4) is 0 Å². The predicted octanol–water partition coefficient (Wildman–Crippen LogP) is 4.66. The van der Waals surface area contributed by atoms with Gasteiger partial charge in [-0.25, -0.2) is 4.98 Å². The van der Waals surface area contributed by atoms with Gasteiger partial charge in [0.25, 0.3) is 0 Å². The van der Waals surface area contributed by atoms with E-state index in [9.17, 15) is 5.11 Å². The van der Waals surface area contributed by atoms with Crippen molar-refractivity contribution in [3.63, 3.8) is 0 Å². The van der Waals surface area contributed by atoms with E-state index >= 15 is 0 Å². The average Bonchev–Trinajstić information content (AvgIpc) is 2.60. The number of aryl methyl sites for hydroxylation is 1. The van der Waals surface area contributed by atoms with E-state index in [1.807, 2.05) is 19.1 Å². The van der Waals surface area contributed by atoms with Crippen LogP contribution < -0.4 is 10.6 Å². The Kier molecular flexibility index (Phi) is 6.04. The lowest BCUT2D eigenvalue weighted by molar-refractivity contribution is 0.275. The molecular weight excluding hydrogens is 389 g/mol. The van der Waals surface area contributed by atoms with E-state index < -0.39 is 0 Å². The Morgan fingerprint density at radius 2 is 2.00 bits per heavy atom. The molecule has 0 atom stereocenters. The van der Waals surface area contributed by atoms with Gasteiger partial charge in [-0.3, -0.25) is 0 Å². The van der Waals surface area contributed by atoms with E-state index in [0.717, 1.165) is 47.1 Å². The molecule has 26 heavy (non-hydrogen) atoms. The molecular formula is C19H23Cl2N3OS. The molecule has 2 aromatic rings. The van der Waals surface area contributed by atoms with Crippen LogP contribution in [0.25, 0.3) is 0 Å². The number of benzene rings is 1. The van der Waals surface area contributed by atoms with Gasteiger partial charge >= 0.3 is 0 Å². The van der Waals surface area contributed by atoms with Gasteiger partial charge in [0.1, 0.15) is 5.03 Å². The van der Waals surface area contributed by atoms with E-state index in [-0.39, 0.29) is 12.1 Å². The monoisotopic (exact) mass is 411 g/mol. The zero-order valence-corrected chi connectivity index (χ0v) is 17.3. The Labute approximate surface area is 168 Å². The van der Waals surface area contributed by atoms with Gasteiger partial charge in [0, 0.05) is 23.5 Å². The number of hydrogen-bond acceptors (Lipinski definition) is 5. The number of piperidine rings is 1. The van der Waals surface area contributed by atoms with Crippen LogP contribution in [0.5, 0.6) is 0 Å². The normalized spacial score (nSPS) is 16.8. The maximum absolute atomic E-state index is 9.86. The van der Waals surface area contributed by atoms with Crippen LogP contribution in [0, 0.1) is 6.92 Å². The second-order valence-electron chi connectivity index (χ2n) is 7.03. The molecule has 1 aromatic heterocycles. The molecule has 1 saturated heterocycles. The summed E-state index contributed by atoms with van der Waals surface area (Å²) in [6.45, 7) is 5.75. The van der Waals surface area contributed by atoms with E-state index in [1.165, 1.54) is 11.8 Å². The lowest BCUT2D eigenvalue weighted by atomic mass is 9.90. The van der Waals surface area contributed by atoms with Crippen molar-refractivity contribution in [3.05, 3.63) is 45.6 Å². The molecule has 1 aliphatic heterocycles. The van der Waals surface area contributed by atoms with Gasteiger partial charge in [0.15, 0.2) is 0 Å². The highest BCUT2D eigenvalue weighted by molar-refractivity contribution is 7.99. The van der Waals surface area contributed by atoms with Crippen molar-refractivity contribution in [2.75, 3.05) is 18.0 Å². The quantitative estimate of drug-likeness (QED) is 0.765. The van der Waals surface area contributed by atoms with Crippen LogP contribution in [0.1, 0.15) is 31.0 Å². The fraction of sp³-hybridized carbons (Fsp3) is 0.421. The minimum Gasteiger partial charge on any atom is -0.390 e. The lowest BCUT2D eigenvalue weighted by Gasteiger charge is -2.38. The Hall–Kier alpha value is -0.980. The fourth-order valence-electron chi connectivity index (χ4n) is 3.04. The third-order valence-electron chi connectivity index (χ3n) is 4.74. The van der Waals surface area contributed by atoms with Crippen molar-refractivity contribution in [1.82, 2.24) is 4.98 Å². The minimum absolute atomic E-state index is 0.108. The third kappa shape index (κ3) is 4.29. The molecule has 7 heteroatoms. The summed E-state index contributed by atoms with van der Waals surface area (Å²) in [5.74, 6) is 0. The topological polar surface area (TPSA) is 62.4 Å². The van der Waals surface area contributed by atoms with E-state index in [4.69, 9.17) is 33.9 Å². The number of nitrogens with zero attached hydrogens (tertiary/aromatic N) is 2. The minimum atomic E-state index is -0.114. The van der Waals surface area contributed by atoms with Crippen molar-refractivity contribution >= 4 is 40.7 Å². The molecule has 1 aromatic carbocycles. The van der Waals surface area contributed by atoms with Crippen molar-refractivity contribution in [2.45, 2.75) is 48.8 Å². The second kappa shape index (κ2) is 7.95. The van der Waals surface area contributed by atoms with Gasteiger partial charge in [0.2, 0.25) is 0 Å². The van der Waals surface area contributed by atoms with Crippen molar-refractivity contribution in [1.29, 1.82) is 0 Å². The second-order valence-corrected chi connectivity index (χ2v) is 8.85. The average molecular weight is 412 g/mol.